The van der Waals surface area contributed by atoms with Gasteiger partial charge in [0, 0.05) is 17.7 Å². The molecule has 0 radical (unpaired) electrons. The Hall–Kier alpha value is -2.02. The minimum atomic E-state index is 0.0414. The summed E-state index contributed by atoms with van der Waals surface area (Å²) >= 11 is 1.37. The van der Waals surface area contributed by atoms with Crippen molar-refractivity contribution in [3.8, 4) is 0 Å². The van der Waals surface area contributed by atoms with Gasteiger partial charge in [0.25, 0.3) is 0 Å². The van der Waals surface area contributed by atoms with Crippen LogP contribution in [0.25, 0.3) is 5.65 Å². The van der Waals surface area contributed by atoms with E-state index in [-0.39, 0.29) is 6.04 Å². The van der Waals surface area contributed by atoms with E-state index in [2.05, 4.69) is 38.7 Å². The molecule has 3 aromatic rings. The van der Waals surface area contributed by atoms with Gasteiger partial charge in [0.05, 0.1) is 6.04 Å². The van der Waals surface area contributed by atoms with Crippen molar-refractivity contribution in [3.05, 3.63) is 36.0 Å². The summed E-state index contributed by atoms with van der Waals surface area (Å²) in [5.41, 5.74) is 0.850. The monoisotopic (exact) mass is 288 g/mol. The number of hydrogen-bond acceptors (Lipinski definition) is 6. The molecule has 1 unspecified atom stereocenters. The first-order chi connectivity index (χ1) is 9.65. The Bertz CT molecular complexity index is 716. The topological polar surface area (TPSA) is 68.0 Å². The van der Waals surface area contributed by atoms with Gasteiger partial charge in [0.15, 0.2) is 11.5 Å². The summed E-state index contributed by atoms with van der Waals surface area (Å²) in [6, 6.07) is 5.93. The van der Waals surface area contributed by atoms with E-state index in [1.807, 2.05) is 35.7 Å². The van der Waals surface area contributed by atoms with Crippen LogP contribution in [0.15, 0.2) is 24.4 Å². The summed E-state index contributed by atoms with van der Waals surface area (Å²) in [6.07, 6.45) is 1.98. The van der Waals surface area contributed by atoms with Crippen molar-refractivity contribution in [2.24, 2.45) is 5.92 Å². The number of fused-ring (bicyclic) bond motifs is 1. The Labute approximate surface area is 121 Å². The Morgan fingerprint density at radius 2 is 2.10 bits per heavy atom. The highest BCUT2D eigenvalue weighted by Gasteiger charge is 2.22. The van der Waals surface area contributed by atoms with Crippen molar-refractivity contribution in [3.63, 3.8) is 0 Å². The van der Waals surface area contributed by atoms with E-state index in [4.69, 9.17) is 0 Å². The van der Waals surface area contributed by atoms with Gasteiger partial charge >= 0.3 is 0 Å². The zero-order chi connectivity index (χ0) is 14.1. The number of rotatable bonds is 4. The first kappa shape index (κ1) is 13.0. The van der Waals surface area contributed by atoms with Crippen molar-refractivity contribution < 1.29 is 0 Å². The third-order valence-electron chi connectivity index (χ3n) is 3.09. The van der Waals surface area contributed by atoms with Gasteiger partial charge in [-0.15, -0.1) is 10.2 Å². The molecule has 3 heterocycles. The second-order valence-corrected chi connectivity index (χ2v) is 5.75. The highest BCUT2D eigenvalue weighted by molar-refractivity contribution is 7.09. The molecular formula is C13H16N6S. The predicted octanol–water partition coefficient (Wildman–Crippen LogP) is 2.70. The quantitative estimate of drug-likeness (QED) is 0.799. The lowest BCUT2D eigenvalue weighted by atomic mass is 10.0. The summed E-state index contributed by atoms with van der Waals surface area (Å²) in [6.45, 7) is 6.18. The maximum atomic E-state index is 4.36. The number of hydrogen-bond donors (Lipinski definition) is 1. The molecule has 0 spiro atoms. The van der Waals surface area contributed by atoms with Crippen LogP contribution >= 0.6 is 11.5 Å². The maximum absolute atomic E-state index is 4.36. The fourth-order valence-electron chi connectivity index (χ4n) is 2.09. The Morgan fingerprint density at radius 3 is 2.80 bits per heavy atom. The third kappa shape index (κ3) is 2.36. The molecule has 104 valence electrons. The number of aromatic nitrogens is 5. The van der Waals surface area contributed by atoms with Gasteiger partial charge in [0.1, 0.15) is 5.82 Å². The summed E-state index contributed by atoms with van der Waals surface area (Å²) in [7, 11) is 0. The molecule has 0 aliphatic carbocycles. The van der Waals surface area contributed by atoms with E-state index in [1.54, 1.807) is 0 Å². The molecular weight excluding hydrogens is 272 g/mol. The van der Waals surface area contributed by atoms with E-state index >= 15 is 0 Å². The van der Waals surface area contributed by atoms with Gasteiger partial charge in [-0.1, -0.05) is 19.9 Å². The second-order valence-electron chi connectivity index (χ2n) is 5.00. The van der Waals surface area contributed by atoms with Crippen LogP contribution in [0.5, 0.6) is 0 Å². The van der Waals surface area contributed by atoms with E-state index in [0.717, 1.165) is 22.4 Å². The van der Waals surface area contributed by atoms with Crippen molar-refractivity contribution >= 4 is 22.3 Å². The molecule has 0 saturated carbocycles. The summed E-state index contributed by atoms with van der Waals surface area (Å²) in [5, 5.41) is 12.8. The largest absolute Gasteiger partial charge is 0.350 e. The molecule has 0 bridgehead atoms. The predicted molar refractivity (Wildman–Crippen MR) is 78.8 cm³/mol. The van der Waals surface area contributed by atoms with Crippen molar-refractivity contribution in [1.29, 1.82) is 0 Å². The minimum Gasteiger partial charge on any atom is -0.350 e. The second kappa shape index (κ2) is 5.16. The molecule has 0 saturated heterocycles. The SMILES string of the molecule is Cc1nsc(NC(c2nnc3ccccn23)C(C)C)n1. The van der Waals surface area contributed by atoms with Gasteiger partial charge < -0.3 is 5.32 Å². The molecule has 1 N–H and O–H groups in total. The number of nitrogens with one attached hydrogen (secondary N) is 1. The van der Waals surface area contributed by atoms with Crippen molar-refractivity contribution in [2.75, 3.05) is 5.32 Å². The first-order valence-corrected chi connectivity index (χ1v) is 7.29. The van der Waals surface area contributed by atoms with Gasteiger partial charge in [-0.05, 0) is 25.0 Å². The molecule has 20 heavy (non-hydrogen) atoms. The zero-order valence-electron chi connectivity index (χ0n) is 11.6. The van der Waals surface area contributed by atoms with Crippen LogP contribution < -0.4 is 5.32 Å². The van der Waals surface area contributed by atoms with E-state index < -0.39 is 0 Å². The zero-order valence-corrected chi connectivity index (χ0v) is 12.4. The van der Waals surface area contributed by atoms with E-state index in [1.165, 1.54) is 11.5 Å². The summed E-state index contributed by atoms with van der Waals surface area (Å²) < 4.78 is 6.20. The van der Waals surface area contributed by atoms with Gasteiger partial charge in [0.2, 0.25) is 5.13 Å². The molecule has 6 nitrogen and oxygen atoms in total. The molecule has 7 heteroatoms. The van der Waals surface area contributed by atoms with Gasteiger partial charge in [-0.25, -0.2) is 4.98 Å². The minimum absolute atomic E-state index is 0.0414. The van der Waals surface area contributed by atoms with E-state index in [0.29, 0.717) is 5.92 Å². The first-order valence-electron chi connectivity index (χ1n) is 6.51. The average molecular weight is 288 g/mol. The molecule has 1 atom stereocenters. The summed E-state index contributed by atoms with van der Waals surface area (Å²) in [4.78, 5) is 4.36. The number of pyridine rings is 1. The van der Waals surface area contributed by atoms with Crippen LogP contribution in [0, 0.1) is 12.8 Å². The molecule has 3 rings (SSSR count). The maximum Gasteiger partial charge on any atom is 0.203 e. The smallest absolute Gasteiger partial charge is 0.203 e. The lowest BCUT2D eigenvalue weighted by Crippen LogP contribution is -2.19. The van der Waals surface area contributed by atoms with Crippen LogP contribution in [0.2, 0.25) is 0 Å². The molecule has 0 amide bonds. The van der Waals surface area contributed by atoms with Gasteiger partial charge in [-0.2, -0.15) is 4.37 Å². The lowest BCUT2D eigenvalue weighted by Gasteiger charge is -2.20. The van der Waals surface area contributed by atoms with Crippen molar-refractivity contribution in [2.45, 2.75) is 26.8 Å². The Balaban J connectivity index is 1.98. The van der Waals surface area contributed by atoms with Crippen LogP contribution in [0.3, 0.4) is 0 Å². The lowest BCUT2D eigenvalue weighted by molar-refractivity contribution is 0.517. The van der Waals surface area contributed by atoms with Crippen LogP contribution in [0.1, 0.15) is 31.5 Å². The highest BCUT2D eigenvalue weighted by atomic mass is 32.1. The van der Waals surface area contributed by atoms with Crippen LogP contribution in [-0.2, 0) is 0 Å². The molecule has 0 aromatic carbocycles. The molecule has 0 aliphatic heterocycles. The van der Waals surface area contributed by atoms with Crippen LogP contribution in [0.4, 0.5) is 5.13 Å². The summed E-state index contributed by atoms with van der Waals surface area (Å²) in [5.74, 6) is 2.03. The van der Waals surface area contributed by atoms with Crippen LogP contribution in [-0.4, -0.2) is 24.0 Å². The fourth-order valence-corrected chi connectivity index (χ4v) is 2.70. The van der Waals surface area contributed by atoms with Gasteiger partial charge in [-0.3, -0.25) is 4.40 Å². The fraction of sp³-hybridized carbons (Fsp3) is 0.385. The number of nitrogens with zero attached hydrogens (tertiary/aromatic N) is 5. The average Bonchev–Trinajstić information content (AvgIpc) is 3.02. The number of aryl methyl sites for hydroxylation is 1. The Kier molecular flexibility index (Phi) is 3.35. The number of anilines is 1. The Morgan fingerprint density at radius 1 is 1.25 bits per heavy atom. The third-order valence-corrected chi connectivity index (χ3v) is 3.83. The molecule has 0 fully saturated rings. The van der Waals surface area contributed by atoms with E-state index in [9.17, 15) is 0 Å². The molecule has 0 aliphatic rings. The molecule has 3 aromatic heterocycles. The normalized spacial score (nSPS) is 13.0. The standard InChI is InChI=1S/C13H16N6S/c1-8(2)11(15-13-14-9(3)18-20-13)12-17-16-10-6-4-5-7-19(10)12/h4-8,11H,1-3H3,(H,14,15,18). The highest BCUT2D eigenvalue weighted by Crippen LogP contribution is 2.26. The van der Waals surface area contributed by atoms with Crippen molar-refractivity contribution in [1.82, 2.24) is 24.0 Å².